The average molecular weight is 275 g/mol. The van der Waals surface area contributed by atoms with Crippen LogP contribution in [0.15, 0.2) is 12.4 Å². The molecule has 1 aliphatic rings. The number of aromatic amines is 1. The highest BCUT2D eigenvalue weighted by atomic mass is 15.3. The maximum atomic E-state index is 4.42. The van der Waals surface area contributed by atoms with E-state index in [0.717, 1.165) is 30.3 Å². The van der Waals surface area contributed by atoms with Gasteiger partial charge in [0.2, 0.25) is 5.95 Å². The minimum absolute atomic E-state index is 0.494. The van der Waals surface area contributed by atoms with Gasteiger partial charge in [0.15, 0.2) is 0 Å². The van der Waals surface area contributed by atoms with Gasteiger partial charge in [0.25, 0.3) is 0 Å². The van der Waals surface area contributed by atoms with Gasteiger partial charge in [-0.25, -0.2) is 0 Å². The number of nitrogens with zero attached hydrogens (tertiary/aromatic N) is 4. The highest BCUT2D eigenvalue weighted by Gasteiger charge is 2.24. The highest BCUT2D eigenvalue weighted by molar-refractivity contribution is 5.29. The smallest absolute Gasteiger partial charge is 0.223 e. The van der Waals surface area contributed by atoms with E-state index in [1.54, 1.807) is 6.20 Å². The van der Waals surface area contributed by atoms with Gasteiger partial charge in [0.1, 0.15) is 0 Å². The lowest BCUT2D eigenvalue weighted by Gasteiger charge is -2.36. The van der Waals surface area contributed by atoms with Crippen molar-refractivity contribution in [1.82, 2.24) is 20.2 Å². The molecule has 2 unspecified atom stereocenters. The van der Waals surface area contributed by atoms with Gasteiger partial charge in [0, 0.05) is 25.0 Å². The first-order valence-electron chi connectivity index (χ1n) is 7.49. The number of aryl methyl sites for hydroxylation is 2. The van der Waals surface area contributed by atoms with Crippen molar-refractivity contribution in [2.75, 3.05) is 11.4 Å². The Balaban J connectivity index is 2.39. The summed E-state index contributed by atoms with van der Waals surface area (Å²) in [7, 11) is 0. The number of aromatic nitrogens is 4. The summed E-state index contributed by atoms with van der Waals surface area (Å²) in [5, 5.41) is 8.76. The van der Waals surface area contributed by atoms with Crippen LogP contribution in [0.3, 0.4) is 0 Å². The summed E-state index contributed by atoms with van der Waals surface area (Å²) in [5.41, 5.74) is 1.86. The lowest BCUT2D eigenvalue weighted by atomic mass is 9.95. The minimum atomic E-state index is 0.494. The van der Waals surface area contributed by atoms with Gasteiger partial charge in [-0.3, -0.25) is 4.98 Å². The second kappa shape index (κ2) is 6.68. The summed E-state index contributed by atoms with van der Waals surface area (Å²) in [6.45, 7) is 9.60. The van der Waals surface area contributed by atoms with E-state index in [9.17, 15) is 0 Å². The fraction of sp³-hybridized carbons (Fsp3) is 0.667. The molecule has 0 aliphatic carbocycles. The van der Waals surface area contributed by atoms with E-state index in [2.05, 4.69) is 45.8 Å². The van der Waals surface area contributed by atoms with E-state index >= 15 is 0 Å². The van der Waals surface area contributed by atoms with Gasteiger partial charge in [-0.1, -0.05) is 13.8 Å². The molecular formula is C15H25N5. The van der Waals surface area contributed by atoms with Crippen LogP contribution in [0, 0.1) is 12.8 Å². The van der Waals surface area contributed by atoms with E-state index in [4.69, 9.17) is 0 Å². The molecule has 1 N–H and O–H groups in total. The second-order valence-electron chi connectivity index (χ2n) is 5.68. The zero-order chi connectivity index (χ0) is 14.5. The van der Waals surface area contributed by atoms with E-state index in [1.807, 2.05) is 13.1 Å². The van der Waals surface area contributed by atoms with E-state index in [-0.39, 0.29) is 0 Å². The molecule has 0 bridgehead atoms. The van der Waals surface area contributed by atoms with Crippen LogP contribution in [0.5, 0.6) is 0 Å². The number of hydrogen-bond acceptors (Lipinski definition) is 4. The maximum Gasteiger partial charge on any atom is 0.223 e. The Hall–Kier alpha value is -1.65. The van der Waals surface area contributed by atoms with Gasteiger partial charge in [-0.15, -0.1) is 5.10 Å². The Morgan fingerprint density at radius 3 is 2.85 bits per heavy atom. The predicted octanol–water partition coefficient (Wildman–Crippen LogP) is 2.82. The van der Waals surface area contributed by atoms with Crippen molar-refractivity contribution >= 4 is 5.95 Å². The SMILES string of the molecule is CCc1ncc[nH]c(N2CC(C)CCC2C)nnc1C. The third-order valence-corrected chi connectivity index (χ3v) is 3.95. The van der Waals surface area contributed by atoms with Crippen molar-refractivity contribution in [2.24, 2.45) is 5.92 Å². The summed E-state index contributed by atoms with van der Waals surface area (Å²) in [5.74, 6) is 1.52. The van der Waals surface area contributed by atoms with Gasteiger partial charge in [-0.05, 0) is 39.0 Å². The minimum Gasteiger partial charge on any atom is -0.338 e. The monoisotopic (exact) mass is 275 g/mol. The maximum absolute atomic E-state index is 4.42. The molecule has 2 rings (SSSR count). The first-order valence-corrected chi connectivity index (χ1v) is 7.49. The molecule has 110 valence electrons. The fourth-order valence-corrected chi connectivity index (χ4v) is 2.61. The summed E-state index contributed by atoms with van der Waals surface area (Å²) >= 11 is 0. The summed E-state index contributed by atoms with van der Waals surface area (Å²) < 4.78 is 0. The number of rotatable bonds is 2. The third-order valence-electron chi connectivity index (χ3n) is 3.95. The topological polar surface area (TPSA) is 57.7 Å². The van der Waals surface area contributed by atoms with Crippen molar-refractivity contribution in [3.05, 3.63) is 23.8 Å². The molecule has 0 amide bonds. The normalized spacial score (nSPS) is 22.5. The predicted molar refractivity (Wildman–Crippen MR) is 81.1 cm³/mol. The molecule has 5 heteroatoms. The standard InChI is InChI=1S/C15H25N5/c1-5-14-13(4)18-19-15(17-9-8-16-14)20-10-11(2)6-7-12(20)3/h8-9,11-12H,5-7,10H2,1-4H3,(H,17,19). The van der Waals surface area contributed by atoms with Crippen molar-refractivity contribution in [2.45, 2.75) is 53.0 Å². The number of nitrogens with one attached hydrogen (secondary N) is 1. The van der Waals surface area contributed by atoms with Crippen LogP contribution in [-0.2, 0) is 6.42 Å². The molecule has 1 fully saturated rings. The Morgan fingerprint density at radius 2 is 2.10 bits per heavy atom. The van der Waals surface area contributed by atoms with Crippen molar-refractivity contribution in [3.8, 4) is 0 Å². The molecule has 2 atom stereocenters. The quantitative estimate of drug-likeness (QED) is 0.901. The number of piperidine rings is 1. The molecule has 1 aromatic heterocycles. The van der Waals surface area contributed by atoms with Crippen molar-refractivity contribution in [1.29, 1.82) is 0 Å². The van der Waals surface area contributed by atoms with Gasteiger partial charge in [-0.2, -0.15) is 5.10 Å². The van der Waals surface area contributed by atoms with Gasteiger partial charge >= 0.3 is 0 Å². The molecule has 0 radical (unpaired) electrons. The van der Waals surface area contributed by atoms with Crippen LogP contribution in [-0.4, -0.2) is 32.8 Å². The fourth-order valence-electron chi connectivity index (χ4n) is 2.61. The third kappa shape index (κ3) is 3.46. The molecule has 1 aromatic rings. The number of anilines is 1. The van der Waals surface area contributed by atoms with Gasteiger partial charge < -0.3 is 9.88 Å². The average Bonchev–Trinajstić information content (AvgIpc) is 2.52. The largest absolute Gasteiger partial charge is 0.338 e. The Bertz CT molecular complexity index is 495. The van der Waals surface area contributed by atoms with Gasteiger partial charge in [0.05, 0.1) is 11.4 Å². The Kier molecular flexibility index (Phi) is 4.93. The molecule has 5 nitrogen and oxygen atoms in total. The molecule has 0 saturated carbocycles. The molecule has 2 heterocycles. The first kappa shape index (κ1) is 14.8. The number of hydrogen-bond donors (Lipinski definition) is 1. The van der Waals surface area contributed by atoms with Crippen molar-refractivity contribution in [3.63, 3.8) is 0 Å². The first-order chi connectivity index (χ1) is 9.61. The Labute approximate surface area is 121 Å². The second-order valence-corrected chi connectivity index (χ2v) is 5.68. The molecule has 1 saturated heterocycles. The number of H-pyrrole nitrogens is 1. The summed E-state index contributed by atoms with van der Waals surface area (Å²) in [6, 6.07) is 0.494. The van der Waals surface area contributed by atoms with Crippen LogP contribution < -0.4 is 4.90 Å². The molecule has 0 spiro atoms. The van der Waals surface area contributed by atoms with E-state index in [1.165, 1.54) is 12.8 Å². The Morgan fingerprint density at radius 1 is 1.30 bits per heavy atom. The summed E-state index contributed by atoms with van der Waals surface area (Å²) in [4.78, 5) is 9.95. The molecule has 20 heavy (non-hydrogen) atoms. The molecule has 1 aliphatic heterocycles. The van der Waals surface area contributed by atoms with Crippen LogP contribution >= 0.6 is 0 Å². The van der Waals surface area contributed by atoms with Crippen LogP contribution in [0.1, 0.15) is 45.0 Å². The zero-order valence-corrected chi connectivity index (χ0v) is 12.9. The molecular weight excluding hydrogens is 250 g/mol. The lowest BCUT2D eigenvalue weighted by molar-refractivity contribution is 0.385. The van der Waals surface area contributed by atoms with Crippen molar-refractivity contribution < 1.29 is 0 Å². The lowest BCUT2D eigenvalue weighted by Crippen LogP contribution is -2.42. The molecule has 0 aromatic carbocycles. The van der Waals surface area contributed by atoms with Crippen LogP contribution in [0.4, 0.5) is 5.95 Å². The zero-order valence-electron chi connectivity index (χ0n) is 12.9. The van der Waals surface area contributed by atoms with E-state index in [0.29, 0.717) is 12.0 Å². The summed E-state index contributed by atoms with van der Waals surface area (Å²) in [6.07, 6.45) is 6.98. The highest BCUT2D eigenvalue weighted by Crippen LogP contribution is 2.23. The van der Waals surface area contributed by atoms with E-state index < -0.39 is 0 Å². The van der Waals surface area contributed by atoms with Crippen LogP contribution in [0.2, 0.25) is 0 Å². The van der Waals surface area contributed by atoms with Crippen LogP contribution in [0.25, 0.3) is 0 Å².